The highest BCUT2D eigenvalue weighted by Gasteiger charge is 2.42. The first-order chi connectivity index (χ1) is 9.23. The van der Waals surface area contributed by atoms with Gasteiger partial charge in [-0.15, -0.1) is 0 Å². The molecule has 0 aliphatic heterocycles. The molecule has 2 rings (SSSR count). The molecule has 2 N–H and O–H groups in total. The molecular weight excluding hydrogens is 246 g/mol. The first-order valence-electron chi connectivity index (χ1n) is 7.62. The van der Waals surface area contributed by atoms with Crippen LogP contribution in [-0.4, -0.2) is 11.8 Å². The molecule has 110 valence electrons. The lowest BCUT2D eigenvalue weighted by atomic mass is 9.78. The highest BCUT2D eigenvalue weighted by molar-refractivity contribution is 5.87. The highest BCUT2D eigenvalue weighted by atomic mass is 16.1. The summed E-state index contributed by atoms with van der Waals surface area (Å²) >= 11 is 0. The number of benzene rings is 1. The molecule has 2 atom stereocenters. The van der Waals surface area contributed by atoms with Gasteiger partial charge in [0.05, 0.1) is 0 Å². The van der Waals surface area contributed by atoms with Crippen molar-refractivity contribution in [1.29, 1.82) is 0 Å². The van der Waals surface area contributed by atoms with Crippen LogP contribution in [0.1, 0.15) is 58.1 Å². The summed E-state index contributed by atoms with van der Waals surface area (Å²) < 4.78 is 0. The third-order valence-electron chi connectivity index (χ3n) is 4.85. The number of hydrogen-bond acceptors (Lipinski definition) is 2. The zero-order chi connectivity index (χ0) is 15.0. The molecule has 1 saturated carbocycles. The molecule has 1 aromatic rings. The molecule has 0 amide bonds. The predicted molar refractivity (Wildman–Crippen MR) is 83.8 cm³/mol. The second-order valence-corrected chi connectivity index (χ2v) is 7.46. The second-order valence-electron chi connectivity index (χ2n) is 7.46. The molecule has 0 saturated heterocycles. The zero-order valence-corrected chi connectivity index (χ0v) is 13.2. The van der Waals surface area contributed by atoms with Crippen molar-refractivity contribution in [2.75, 3.05) is 0 Å². The lowest BCUT2D eigenvalue weighted by Gasteiger charge is -2.27. The molecular formula is C18H27NO. The van der Waals surface area contributed by atoms with E-state index in [9.17, 15) is 4.79 Å². The van der Waals surface area contributed by atoms with Crippen LogP contribution in [-0.2, 0) is 16.6 Å². The van der Waals surface area contributed by atoms with E-state index in [-0.39, 0.29) is 16.9 Å². The van der Waals surface area contributed by atoms with E-state index < -0.39 is 0 Å². The number of hydrogen-bond donors (Lipinski definition) is 1. The van der Waals surface area contributed by atoms with Crippen molar-refractivity contribution in [1.82, 2.24) is 0 Å². The average molecular weight is 273 g/mol. The van der Waals surface area contributed by atoms with Crippen molar-refractivity contribution in [2.24, 2.45) is 11.1 Å². The minimum atomic E-state index is -0.317. The maximum atomic E-state index is 12.5. The lowest BCUT2D eigenvalue weighted by Crippen LogP contribution is -2.41. The van der Waals surface area contributed by atoms with Crippen molar-refractivity contribution in [2.45, 2.75) is 64.8 Å². The summed E-state index contributed by atoms with van der Waals surface area (Å²) in [7, 11) is 0. The minimum Gasteiger partial charge on any atom is -0.327 e. The van der Waals surface area contributed by atoms with Crippen LogP contribution < -0.4 is 5.73 Å². The van der Waals surface area contributed by atoms with Crippen LogP contribution in [0.2, 0.25) is 0 Å². The number of carbonyl (C=O) groups is 1. The normalized spacial score (nSPS) is 26.8. The van der Waals surface area contributed by atoms with Crippen LogP contribution in [0.25, 0.3) is 0 Å². The van der Waals surface area contributed by atoms with Gasteiger partial charge >= 0.3 is 0 Å². The van der Waals surface area contributed by atoms with Crippen LogP contribution in [0, 0.1) is 5.41 Å². The van der Waals surface area contributed by atoms with Crippen molar-refractivity contribution in [3.8, 4) is 0 Å². The summed E-state index contributed by atoms with van der Waals surface area (Å²) in [6.45, 7) is 8.64. The SMILES string of the molecule is CC(C)(C)c1ccc(CC(=O)C2(C)CCCC2N)cc1. The van der Waals surface area contributed by atoms with Gasteiger partial charge in [0.15, 0.2) is 0 Å². The zero-order valence-electron chi connectivity index (χ0n) is 13.2. The van der Waals surface area contributed by atoms with Gasteiger partial charge in [-0.1, -0.05) is 58.4 Å². The Labute approximate surface area is 122 Å². The van der Waals surface area contributed by atoms with Crippen LogP contribution in [0.15, 0.2) is 24.3 Å². The first kappa shape index (κ1) is 15.2. The van der Waals surface area contributed by atoms with Gasteiger partial charge < -0.3 is 5.73 Å². The second kappa shape index (κ2) is 5.33. The molecule has 0 bridgehead atoms. The third-order valence-corrected chi connectivity index (χ3v) is 4.85. The van der Waals surface area contributed by atoms with Gasteiger partial charge in [-0.25, -0.2) is 0 Å². The van der Waals surface area contributed by atoms with Gasteiger partial charge in [0.25, 0.3) is 0 Å². The summed E-state index contributed by atoms with van der Waals surface area (Å²) in [5, 5.41) is 0. The van der Waals surface area contributed by atoms with E-state index in [1.165, 1.54) is 5.56 Å². The van der Waals surface area contributed by atoms with Gasteiger partial charge in [-0.3, -0.25) is 4.79 Å². The third kappa shape index (κ3) is 2.95. The number of Topliss-reactive ketones (excluding diaryl/α,β-unsaturated/α-hetero) is 1. The standard InChI is InChI=1S/C18H27NO/c1-17(2,3)14-9-7-13(8-10-14)12-16(20)18(4)11-5-6-15(18)19/h7-10,15H,5-6,11-12,19H2,1-4H3. The monoisotopic (exact) mass is 273 g/mol. The lowest BCUT2D eigenvalue weighted by molar-refractivity contribution is -0.127. The Hall–Kier alpha value is -1.15. The summed E-state index contributed by atoms with van der Waals surface area (Å²) in [5.74, 6) is 0.297. The highest BCUT2D eigenvalue weighted by Crippen LogP contribution is 2.38. The van der Waals surface area contributed by atoms with Crippen LogP contribution in [0.3, 0.4) is 0 Å². The van der Waals surface area contributed by atoms with Gasteiger partial charge in [0.2, 0.25) is 0 Å². The van der Waals surface area contributed by atoms with E-state index in [4.69, 9.17) is 5.73 Å². The molecule has 1 aromatic carbocycles. The Morgan fingerprint density at radius 3 is 2.35 bits per heavy atom. The van der Waals surface area contributed by atoms with Crippen molar-refractivity contribution in [3.63, 3.8) is 0 Å². The fourth-order valence-electron chi connectivity index (χ4n) is 3.05. The predicted octanol–water partition coefficient (Wildman–Crippen LogP) is 3.61. The van der Waals surface area contributed by atoms with Gasteiger partial charge in [-0.2, -0.15) is 0 Å². The number of nitrogens with two attached hydrogens (primary N) is 1. The molecule has 2 unspecified atom stereocenters. The topological polar surface area (TPSA) is 43.1 Å². The number of rotatable bonds is 3. The number of ketones is 1. The quantitative estimate of drug-likeness (QED) is 0.914. The van der Waals surface area contributed by atoms with E-state index in [0.717, 1.165) is 24.8 Å². The minimum absolute atomic E-state index is 0.0313. The average Bonchev–Trinajstić information content (AvgIpc) is 2.70. The molecule has 1 aliphatic rings. The first-order valence-corrected chi connectivity index (χ1v) is 7.62. The fraction of sp³-hybridized carbons (Fsp3) is 0.611. The van der Waals surface area contributed by atoms with Gasteiger partial charge in [0, 0.05) is 17.9 Å². The van der Waals surface area contributed by atoms with E-state index in [1.54, 1.807) is 0 Å². The van der Waals surface area contributed by atoms with E-state index in [1.807, 2.05) is 6.92 Å². The fourth-order valence-corrected chi connectivity index (χ4v) is 3.05. The Kier molecular flexibility index (Phi) is 4.06. The van der Waals surface area contributed by atoms with E-state index >= 15 is 0 Å². The number of carbonyl (C=O) groups excluding carboxylic acids is 1. The summed E-state index contributed by atoms with van der Waals surface area (Å²) in [4.78, 5) is 12.5. The molecule has 0 radical (unpaired) electrons. The summed E-state index contributed by atoms with van der Waals surface area (Å²) in [6, 6.07) is 8.48. The largest absolute Gasteiger partial charge is 0.327 e. The molecule has 20 heavy (non-hydrogen) atoms. The Balaban J connectivity index is 2.09. The Bertz CT molecular complexity index is 483. The maximum absolute atomic E-state index is 12.5. The molecule has 1 fully saturated rings. The van der Waals surface area contributed by atoms with Crippen LogP contribution >= 0.6 is 0 Å². The van der Waals surface area contributed by atoms with Crippen LogP contribution in [0.4, 0.5) is 0 Å². The summed E-state index contributed by atoms with van der Waals surface area (Å²) in [5.41, 5.74) is 8.37. The van der Waals surface area contributed by atoms with Gasteiger partial charge in [0.1, 0.15) is 5.78 Å². The van der Waals surface area contributed by atoms with Crippen molar-refractivity contribution in [3.05, 3.63) is 35.4 Å². The Morgan fingerprint density at radius 2 is 1.90 bits per heavy atom. The molecule has 2 nitrogen and oxygen atoms in total. The maximum Gasteiger partial charge on any atom is 0.144 e. The van der Waals surface area contributed by atoms with Crippen LogP contribution in [0.5, 0.6) is 0 Å². The van der Waals surface area contributed by atoms with Crippen molar-refractivity contribution < 1.29 is 4.79 Å². The summed E-state index contributed by atoms with van der Waals surface area (Å²) in [6.07, 6.45) is 3.50. The molecule has 0 spiro atoms. The smallest absolute Gasteiger partial charge is 0.144 e. The molecule has 1 aliphatic carbocycles. The van der Waals surface area contributed by atoms with Gasteiger partial charge in [-0.05, 0) is 29.4 Å². The van der Waals surface area contributed by atoms with E-state index in [0.29, 0.717) is 12.2 Å². The van der Waals surface area contributed by atoms with E-state index in [2.05, 4.69) is 45.0 Å². The molecule has 0 heterocycles. The Morgan fingerprint density at radius 1 is 1.30 bits per heavy atom. The molecule has 2 heteroatoms. The molecule has 0 aromatic heterocycles. The van der Waals surface area contributed by atoms with Crippen molar-refractivity contribution >= 4 is 5.78 Å².